The van der Waals surface area contributed by atoms with Gasteiger partial charge in [-0.2, -0.15) is 5.26 Å². The first-order valence-electron chi connectivity index (χ1n) is 7.67. The van der Waals surface area contributed by atoms with Crippen molar-refractivity contribution in [2.45, 2.75) is 13.0 Å². The van der Waals surface area contributed by atoms with Crippen molar-refractivity contribution in [3.8, 4) is 6.07 Å². The summed E-state index contributed by atoms with van der Waals surface area (Å²) in [4.78, 5) is 12.5. The second kappa shape index (κ2) is 7.54. The summed E-state index contributed by atoms with van der Waals surface area (Å²) in [6.07, 6.45) is 1.03. The third-order valence-corrected chi connectivity index (χ3v) is 5.09. The number of amides is 1. The predicted molar refractivity (Wildman–Crippen MR) is 96.7 cm³/mol. The Morgan fingerprint density at radius 2 is 1.85 bits per heavy atom. The van der Waals surface area contributed by atoms with Gasteiger partial charge in [0.25, 0.3) is 5.91 Å². The summed E-state index contributed by atoms with van der Waals surface area (Å²) < 4.78 is 37.4. The van der Waals surface area contributed by atoms with E-state index in [0.717, 1.165) is 10.6 Å². The van der Waals surface area contributed by atoms with Crippen LogP contribution in [0.15, 0.2) is 42.5 Å². The molecule has 1 N–H and O–H groups in total. The van der Waals surface area contributed by atoms with Gasteiger partial charge in [0.15, 0.2) is 0 Å². The fourth-order valence-corrected chi connectivity index (χ4v) is 2.78. The summed E-state index contributed by atoms with van der Waals surface area (Å²) in [6, 6.07) is 11.4. The number of nitriles is 1. The van der Waals surface area contributed by atoms with Crippen molar-refractivity contribution in [3.05, 3.63) is 65.0 Å². The SMILES string of the molecule is C[C@@H](NC(=O)c1cc(C#N)cc(N(C)S(C)(=O)=O)c1)c1ccc(F)cc1. The number of nitrogens with zero attached hydrogens (tertiary/aromatic N) is 2. The largest absolute Gasteiger partial charge is 0.346 e. The highest BCUT2D eigenvalue weighted by Crippen LogP contribution is 2.21. The highest BCUT2D eigenvalue weighted by Gasteiger charge is 2.17. The lowest BCUT2D eigenvalue weighted by Crippen LogP contribution is -2.28. The molecule has 0 fully saturated rings. The van der Waals surface area contributed by atoms with Crippen LogP contribution in [-0.2, 0) is 10.0 Å². The number of benzene rings is 2. The van der Waals surface area contributed by atoms with Gasteiger partial charge < -0.3 is 5.32 Å². The van der Waals surface area contributed by atoms with Crippen molar-refractivity contribution in [1.29, 1.82) is 5.26 Å². The maximum absolute atomic E-state index is 13.0. The Morgan fingerprint density at radius 3 is 2.38 bits per heavy atom. The Morgan fingerprint density at radius 1 is 1.23 bits per heavy atom. The number of rotatable bonds is 5. The Hall–Kier alpha value is -2.92. The van der Waals surface area contributed by atoms with Crippen LogP contribution in [0, 0.1) is 17.1 Å². The first kappa shape index (κ1) is 19.4. The standard InChI is InChI=1S/C18H18FN3O3S/c1-12(14-4-6-16(19)7-5-14)21-18(23)15-8-13(11-20)9-17(10-15)22(2)26(3,24)25/h4-10,12H,1-3H3,(H,21,23)/t12-/m1/s1. The molecule has 0 radical (unpaired) electrons. The highest BCUT2D eigenvalue weighted by molar-refractivity contribution is 7.92. The number of hydrogen-bond acceptors (Lipinski definition) is 4. The zero-order chi connectivity index (χ0) is 19.5. The van der Waals surface area contributed by atoms with Crippen LogP contribution in [0.4, 0.5) is 10.1 Å². The van der Waals surface area contributed by atoms with Gasteiger partial charge in [-0.3, -0.25) is 9.10 Å². The molecule has 1 amide bonds. The average Bonchev–Trinajstić information content (AvgIpc) is 2.60. The Balaban J connectivity index is 2.30. The van der Waals surface area contributed by atoms with E-state index in [-0.39, 0.29) is 22.6 Å². The van der Waals surface area contributed by atoms with Crippen molar-refractivity contribution < 1.29 is 17.6 Å². The summed E-state index contributed by atoms with van der Waals surface area (Å²) in [7, 11) is -2.19. The van der Waals surface area contributed by atoms with E-state index in [1.165, 1.54) is 37.4 Å². The third kappa shape index (κ3) is 4.58. The van der Waals surface area contributed by atoms with E-state index in [1.54, 1.807) is 19.1 Å². The van der Waals surface area contributed by atoms with E-state index in [9.17, 15) is 17.6 Å². The lowest BCUT2D eigenvalue weighted by atomic mass is 10.1. The number of hydrogen-bond donors (Lipinski definition) is 1. The number of anilines is 1. The van der Waals surface area contributed by atoms with Gasteiger partial charge in [-0.1, -0.05) is 12.1 Å². The molecule has 136 valence electrons. The molecule has 0 spiro atoms. The minimum Gasteiger partial charge on any atom is -0.346 e. The van der Waals surface area contributed by atoms with Crippen molar-refractivity contribution in [2.24, 2.45) is 0 Å². The van der Waals surface area contributed by atoms with E-state index in [4.69, 9.17) is 5.26 Å². The Labute approximate surface area is 151 Å². The molecule has 0 saturated heterocycles. The Kier molecular flexibility index (Phi) is 5.63. The number of nitrogens with one attached hydrogen (secondary N) is 1. The molecular formula is C18H18FN3O3S. The molecule has 0 aliphatic rings. The van der Waals surface area contributed by atoms with Crippen LogP contribution >= 0.6 is 0 Å². The van der Waals surface area contributed by atoms with Crippen LogP contribution in [0.2, 0.25) is 0 Å². The summed E-state index contributed by atoms with van der Waals surface area (Å²) in [5, 5.41) is 11.9. The molecule has 1 atom stereocenters. The molecule has 0 heterocycles. The molecule has 8 heteroatoms. The van der Waals surface area contributed by atoms with Crippen LogP contribution < -0.4 is 9.62 Å². The molecule has 0 aromatic heterocycles. The van der Waals surface area contributed by atoms with Crippen molar-refractivity contribution in [1.82, 2.24) is 5.32 Å². The lowest BCUT2D eigenvalue weighted by Gasteiger charge is -2.19. The predicted octanol–water partition coefficient (Wildman–Crippen LogP) is 2.58. The number of carbonyl (C=O) groups excluding carboxylic acids is 1. The molecule has 2 aromatic rings. The normalized spacial score (nSPS) is 12.1. The van der Waals surface area contributed by atoms with Crippen LogP contribution in [-0.4, -0.2) is 27.6 Å². The molecule has 2 aromatic carbocycles. The zero-order valence-electron chi connectivity index (χ0n) is 14.5. The summed E-state index contributed by atoms with van der Waals surface area (Å²) in [5.74, 6) is -0.843. The van der Waals surface area contributed by atoms with E-state index in [1.807, 2.05) is 6.07 Å². The molecule has 0 bridgehead atoms. The molecule has 0 saturated carbocycles. The second-order valence-electron chi connectivity index (χ2n) is 5.86. The molecule has 0 unspecified atom stereocenters. The first-order valence-corrected chi connectivity index (χ1v) is 9.52. The van der Waals surface area contributed by atoms with Crippen LogP contribution in [0.5, 0.6) is 0 Å². The van der Waals surface area contributed by atoms with Crippen molar-refractivity contribution in [3.63, 3.8) is 0 Å². The molecular weight excluding hydrogens is 357 g/mol. The smallest absolute Gasteiger partial charge is 0.251 e. The summed E-state index contributed by atoms with van der Waals surface area (Å²) in [5.41, 5.74) is 1.25. The molecule has 26 heavy (non-hydrogen) atoms. The van der Waals surface area contributed by atoms with Gasteiger partial charge in [-0.25, -0.2) is 12.8 Å². The van der Waals surface area contributed by atoms with Gasteiger partial charge in [0.1, 0.15) is 5.82 Å². The van der Waals surface area contributed by atoms with E-state index in [0.29, 0.717) is 5.56 Å². The second-order valence-corrected chi connectivity index (χ2v) is 7.87. The monoisotopic (exact) mass is 375 g/mol. The summed E-state index contributed by atoms with van der Waals surface area (Å²) >= 11 is 0. The van der Waals surface area contributed by atoms with Crippen molar-refractivity contribution in [2.75, 3.05) is 17.6 Å². The van der Waals surface area contributed by atoms with Crippen LogP contribution in [0.3, 0.4) is 0 Å². The summed E-state index contributed by atoms with van der Waals surface area (Å²) in [6.45, 7) is 1.74. The van der Waals surface area contributed by atoms with Crippen molar-refractivity contribution >= 4 is 21.6 Å². The topological polar surface area (TPSA) is 90.3 Å². The highest BCUT2D eigenvalue weighted by atomic mass is 32.2. The maximum atomic E-state index is 13.0. The van der Waals surface area contributed by atoms with Crippen LogP contribution in [0.25, 0.3) is 0 Å². The number of sulfonamides is 1. The molecule has 0 aliphatic heterocycles. The maximum Gasteiger partial charge on any atom is 0.251 e. The molecule has 0 aliphatic carbocycles. The fourth-order valence-electron chi connectivity index (χ4n) is 2.29. The third-order valence-electron chi connectivity index (χ3n) is 3.89. The lowest BCUT2D eigenvalue weighted by molar-refractivity contribution is 0.0940. The van der Waals surface area contributed by atoms with Gasteiger partial charge in [0.2, 0.25) is 10.0 Å². The average molecular weight is 375 g/mol. The minimum atomic E-state index is -3.54. The zero-order valence-corrected chi connectivity index (χ0v) is 15.3. The van der Waals surface area contributed by atoms with E-state index in [2.05, 4.69) is 5.32 Å². The number of carbonyl (C=O) groups is 1. The first-order chi connectivity index (χ1) is 12.1. The van der Waals surface area contributed by atoms with E-state index < -0.39 is 22.0 Å². The Bertz CT molecular complexity index is 966. The van der Waals surface area contributed by atoms with E-state index >= 15 is 0 Å². The quantitative estimate of drug-likeness (QED) is 0.870. The van der Waals surface area contributed by atoms with Gasteiger partial charge in [0, 0.05) is 12.6 Å². The molecule has 2 rings (SSSR count). The fraction of sp³-hybridized carbons (Fsp3) is 0.222. The minimum absolute atomic E-state index is 0.156. The van der Waals surface area contributed by atoms with Crippen LogP contribution in [0.1, 0.15) is 34.5 Å². The van der Waals surface area contributed by atoms with Gasteiger partial charge >= 0.3 is 0 Å². The van der Waals surface area contributed by atoms with Gasteiger partial charge in [-0.05, 0) is 42.8 Å². The number of halogens is 1. The molecule has 6 nitrogen and oxygen atoms in total. The van der Waals surface area contributed by atoms with Gasteiger partial charge in [0.05, 0.1) is 29.6 Å². The van der Waals surface area contributed by atoms with Gasteiger partial charge in [-0.15, -0.1) is 0 Å².